The summed E-state index contributed by atoms with van der Waals surface area (Å²) in [4.78, 5) is 3.90. The molecule has 0 fully saturated rings. The molecule has 116 valence electrons. The molecule has 1 heterocycles. The van der Waals surface area contributed by atoms with Crippen LogP contribution in [0.25, 0.3) is 0 Å². The molecule has 0 spiro atoms. The second-order valence-corrected chi connectivity index (χ2v) is 7.51. The van der Waals surface area contributed by atoms with Crippen LogP contribution in [0, 0.1) is 0 Å². The highest BCUT2D eigenvalue weighted by Gasteiger charge is 2.26. The van der Waals surface area contributed by atoms with Crippen LogP contribution in [0.5, 0.6) is 0 Å². The molecule has 7 heteroatoms. The Labute approximate surface area is 134 Å². The van der Waals surface area contributed by atoms with Crippen LogP contribution in [0.4, 0.5) is 5.69 Å². The molecule has 0 amide bonds. The number of benzene rings is 1. The fraction of sp³-hybridized carbons (Fsp3) is 0.267. The van der Waals surface area contributed by atoms with Crippen molar-refractivity contribution in [1.29, 1.82) is 0 Å². The molecule has 1 atom stereocenters. The van der Waals surface area contributed by atoms with E-state index in [1.54, 1.807) is 6.07 Å². The van der Waals surface area contributed by atoms with Crippen LogP contribution < -0.4 is 10.5 Å². The van der Waals surface area contributed by atoms with Gasteiger partial charge in [0.1, 0.15) is 4.90 Å². The summed E-state index contributed by atoms with van der Waals surface area (Å²) in [6, 6.07) is 6.74. The zero-order valence-corrected chi connectivity index (χ0v) is 13.4. The lowest BCUT2D eigenvalue weighted by Gasteiger charge is -2.26. The standard InChI is InChI=1S/C15H16ClN3O2S/c16-11-7-13(9-18-8-11)22(20,21)19-15-3-1-2-10-6-12(17)4-5-14(10)15/h4-9,15,19H,1-3,17H2. The van der Waals surface area contributed by atoms with Crippen molar-refractivity contribution in [3.8, 4) is 0 Å². The molecule has 1 aliphatic rings. The van der Waals surface area contributed by atoms with Gasteiger partial charge >= 0.3 is 0 Å². The van der Waals surface area contributed by atoms with Gasteiger partial charge in [-0.05, 0) is 48.6 Å². The van der Waals surface area contributed by atoms with Gasteiger partial charge < -0.3 is 5.73 Å². The van der Waals surface area contributed by atoms with Crippen molar-refractivity contribution in [3.05, 3.63) is 52.8 Å². The first-order valence-corrected chi connectivity index (χ1v) is 8.83. The van der Waals surface area contributed by atoms with E-state index in [1.807, 2.05) is 12.1 Å². The lowest BCUT2D eigenvalue weighted by molar-refractivity contribution is 0.507. The highest BCUT2D eigenvalue weighted by Crippen LogP contribution is 2.32. The third-order valence-electron chi connectivity index (χ3n) is 3.77. The van der Waals surface area contributed by atoms with Gasteiger partial charge in [0.15, 0.2) is 0 Å². The van der Waals surface area contributed by atoms with Crippen molar-refractivity contribution in [1.82, 2.24) is 9.71 Å². The van der Waals surface area contributed by atoms with E-state index >= 15 is 0 Å². The highest BCUT2D eigenvalue weighted by atomic mass is 35.5. The van der Waals surface area contributed by atoms with E-state index in [9.17, 15) is 8.42 Å². The molecule has 0 saturated heterocycles. The van der Waals surface area contributed by atoms with E-state index in [1.165, 1.54) is 18.5 Å². The van der Waals surface area contributed by atoms with Gasteiger partial charge in [0.2, 0.25) is 10.0 Å². The zero-order chi connectivity index (χ0) is 15.7. The fourth-order valence-corrected chi connectivity index (χ4v) is 4.23. The van der Waals surface area contributed by atoms with Gasteiger partial charge in [0.25, 0.3) is 0 Å². The molecular formula is C15H16ClN3O2S. The number of rotatable bonds is 3. The van der Waals surface area contributed by atoms with Gasteiger partial charge in [-0.25, -0.2) is 13.1 Å². The normalized spacial score (nSPS) is 18.0. The number of hydrogen-bond donors (Lipinski definition) is 2. The molecule has 0 saturated carbocycles. The Morgan fingerprint density at radius 1 is 1.27 bits per heavy atom. The van der Waals surface area contributed by atoms with Gasteiger partial charge in [-0.15, -0.1) is 0 Å². The monoisotopic (exact) mass is 337 g/mol. The first-order valence-electron chi connectivity index (χ1n) is 6.97. The smallest absolute Gasteiger partial charge is 0.242 e. The minimum Gasteiger partial charge on any atom is -0.399 e. The summed E-state index contributed by atoms with van der Waals surface area (Å²) in [5, 5.41) is 0.291. The van der Waals surface area contributed by atoms with Crippen molar-refractivity contribution < 1.29 is 8.42 Å². The maximum atomic E-state index is 12.5. The van der Waals surface area contributed by atoms with Crippen LogP contribution in [0.2, 0.25) is 5.02 Å². The van der Waals surface area contributed by atoms with E-state index < -0.39 is 10.0 Å². The predicted molar refractivity (Wildman–Crippen MR) is 86.1 cm³/mol. The van der Waals surface area contributed by atoms with Gasteiger partial charge in [-0.1, -0.05) is 17.7 Å². The molecule has 1 aliphatic carbocycles. The van der Waals surface area contributed by atoms with Gasteiger partial charge in [-0.3, -0.25) is 4.98 Å². The lowest BCUT2D eigenvalue weighted by atomic mass is 9.88. The van der Waals surface area contributed by atoms with Crippen LogP contribution in [-0.2, 0) is 16.4 Å². The van der Waals surface area contributed by atoms with Crippen LogP contribution in [0.3, 0.4) is 0 Å². The number of nitrogens with zero attached hydrogens (tertiary/aromatic N) is 1. The van der Waals surface area contributed by atoms with Crippen LogP contribution in [0.1, 0.15) is 30.0 Å². The fourth-order valence-electron chi connectivity index (χ4n) is 2.75. The quantitative estimate of drug-likeness (QED) is 0.843. The van der Waals surface area contributed by atoms with Crippen molar-refractivity contribution in [2.24, 2.45) is 0 Å². The molecule has 3 rings (SSSR count). The Kier molecular flexibility index (Phi) is 4.08. The SMILES string of the molecule is Nc1ccc2c(c1)CCCC2NS(=O)(=O)c1cncc(Cl)c1. The molecule has 0 radical (unpaired) electrons. The zero-order valence-electron chi connectivity index (χ0n) is 11.8. The van der Waals surface area contributed by atoms with E-state index in [-0.39, 0.29) is 10.9 Å². The summed E-state index contributed by atoms with van der Waals surface area (Å²) in [7, 11) is -3.66. The van der Waals surface area contributed by atoms with Crippen molar-refractivity contribution >= 4 is 27.3 Å². The van der Waals surface area contributed by atoms with Gasteiger partial charge in [0.05, 0.1) is 5.02 Å². The average Bonchev–Trinajstić information content (AvgIpc) is 2.47. The maximum absolute atomic E-state index is 12.5. The Hall–Kier alpha value is -1.63. The van der Waals surface area contributed by atoms with E-state index in [0.717, 1.165) is 30.4 Å². The van der Waals surface area contributed by atoms with Crippen LogP contribution in [0.15, 0.2) is 41.6 Å². The number of aryl methyl sites for hydroxylation is 1. The van der Waals surface area contributed by atoms with E-state index in [2.05, 4.69) is 9.71 Å². The number of hydrogen-bond acceptors (Lipinski definition) is 4. The Balaban J connectivity index is 1.91. The van der Waals surface area contributed by atoms with Crippen molar-refractivity contribution in [3.63, 3.8) is 0 Å². The molecular weight excluding hydrogens is 322 g/mol. The summed E-state index contributed by atoms with van der Waals surface area (Å²) >= 11 is 5.82. The number of nitrogens with two attached hydrogens (primary N) is 1. The van der Waals surface area contributed by atoms with Crippen molar-refractivity contribution in [2.75, 3.05) is 5.73 Å². The van der Waals surface area contributed by atoms with Crippen molar-refractivity contribution in [2.45, 2.75) is 30.2 Å². The number of nitrogens with one attached hydrogen (secondary N) is 1. The Morgan fingerprint density at radius 2 is 2.09 bits per heavy atom. The summed E-state index contributed by atoms with van der Waals surface area (Å²) in [6.45, 7) is 0. The second-order valence-electron chi connectivity index (χ2n) is 5.36. The Morgan fingerprint density at radius 3 is 2.86 bits per heavy atom. The minimum absolute atomic E-state index is 0.0718. The number of pyridine rings is 1. The Bertz CT molecular complexity index is 808. The molecule has 5 nitrogen and oxygen atoms in total. The van der Waals surface area contributed by atoms with E-state index in [4.69, 9.17) is 17.3 Å². The number of sulfonamides is 1. The summed E-state index contributed by atoms with van der Waals surface area (Å²) < 4.78 is 27.7. The molecule has 0 bridgehead atoms. The molecule has 1 aromatic carbocycles. The predicted octanol–water partition coefficient (Wildman–Crippen LogP) is 2.67. The first kappa shape index (κ1) is 15.3. The number of fused-ring (bicyclic) bond motifs is 1. The van der Waals surface area contributed by atoms with E-state index in [0.29, 0.717) is 10.7 Å². The topological polar surface area (TPSA) is 85.1 Å². The first-order chi connectivity index (χ1) is 10.5. The largest absolute Gasteiger partial charge is 0.399 e. The third-order valence-corrected chi connectivity index (χ3v) is 5.41. The molecule has 1 aromatic heterocycles. The molecule has 22 heavy (non-hydrogen) atoms. The number of nitrogen functional groups attached to an aromatic ring is 1. The van der Waals surface area contributed by atoms with Crippen LogP contribution in [-0.4, -0.2) is 13.4 Å². The lowest BCUT2D eigenvalue weighted by Crippen LogP contribution is -2.31. The average molecular weight is 338 g/mol. The molecule has 0 aliphatic heterocycles. The summed E-state index contributed by atoms with van der Waals surface area (Å²) in [5.41, 5.74) is 8.58. The number of anilines is 1. The minimum atomic E-state index is -3.66. The van der Waals surface area contributed by atoms with Gasteiger partial charge in [-0.2, -0.15) is 0 Å². The molecule has 2 aromatic rings. The van der Waals surface area contributed by atoms with Gasteiger partial charge in [0, 0.05) is 24.1 Å². The van der Waals surface area contributed by atoms with Crippen LogP contribution >= 0.6 is 11.6 Å². The molecule has 1 unspecified atom stereocenters. The maximum Gasteiger partial charge on any atom is 0.242 e. The number of halogens is 1. The second kappa shape index (κ2) is 5.87. The molecule has 3 N–H and O–H groups in total. The third kappa shape index (κ3) is 3.09. The highest BCUT2D eigenvalue weighted by molar-refractivity contribution is 7.89. The number of aromatic nitrogens is 1. The summed E-state index contributed by atoms with van der Waals surface area (Å²) in [5.74, 6) is 0. The summed E-state index contributed by atoms with van der Waals surface area (Å²) in [6.07, 6.45) is 5.28.